The van der Waals surface area contributed by atoms with Crippen LogP contribution in [0.25, 0.3) is 53.9 Å². The second-order valence-corrected chi connectivity index (χ2v) is 15.8. The molecule has 45 heavy (non-hydrogen) atoms. The standard InChI is InChI=1S/C44H30Si/c1-4-16-31(17-5-1)45(32-18-6-2-7-19-32,33-20-8-3-9-21-33)34-28-29-38-37-24-12-14-26-40(37)43-39-25-13-10-22-35(39)36-23-11-15-27-41(36)44(43)42(38)30-34/h1-30H. The van der Waals surface area contributed by atoms with E-state index in [2.05, 4.69) is 182 Å². The molecular weight excluding hydrogens is 557 g/mol. The van der Waals surface area contributed by atoms with Gasteiger partial charge in [-0.05, 0) is 74.6 Å². The number of benzene rings is 9. The maximum atomic E-state index is 2.56. The van der Waals surface area contributed by atoms with Crippen molar-refractivity contribution in [3.05, 3.63) is 182 Å². The fourth-order valence-electron chi connectivity index (χ4n) is 7.92. The lowest BCUT2D eigenvalue weighted by Gasteiger charge is -2.34. The van der Waals surface area contributed by atoms with Gasteiger partial charge in [-0.3, -0.25) is 0 Å². The number of hydrogen-bond donors (Lipinski definition) is 0. The minimum Gasteiger partial charge on any atom is -0.0623 e. The summed E-state index contributed by atoms with van der Waals surface area (Å²) >= 11 is 0. The smallest absolute Gasteiger partial charge is 0.0623 e. The van der Waals surface area contributed by atoms with Crippen LogP contribution in [0.3, 0.4) is 0 Å². The van der Waals surface area contributed by atoms with E-state index in [1.165, 1.54) is 74.6 Å². The summed E-state index contributed by atoms with van der Waals surface area (Å²) < 4.78 is 0. The van der Waals surface area contributed by atoms with Gasteiger partial charge >= 0.3 is 0 Å². The molecule has 0 saturated heterocycles. The fourth-order valence-corrected chi connectivity index (χ4v) is 12.7. The predicted molar refractivity (Wildman–Crippen MR) is 198 cm³/mol. The summed E-state index contributed by atoms with van der Waals surface area (Å²) in [7, 11) is -2.69. The Morgan fingerprint density at radius 3 is 0.933 bits per heavy atom. The topological polar surface area (TPSA) is 0 Å². The Kier molecular flexibility index (Phi) is 5.94. The van der Waals surface area contributed by atoms with E-state index in [-0.39, 0.29) is 0 Å². The van der Waals surface area contributed by atoms with Crippen LogP contribution in [-0.2, 0) is 0 Å². The van der Waals surface area contributed by atoms with Crippen LogP contribution in [0, 0.1) is 0 Å². The summed E-state index contributed by atoms with van der Waals surface area (Å²) in [5.74, 6) is 0. The molecule has 0 fully saturated rings. The first-order chi connectivity index (χ1) is 22.4. The quantitative estimate of drug-likeness (QED) is 0.110. The highest BCUT2D eigenvalue weighted by Crippen LogP contribution is 2.43. The van der Waals surface area contributed by atoms with Crippen molar-refractivity contribution in [2.45, 2.75) is 0 Å². The van der Waals surface area contributed by atoms with Gasteiger partial charge in [0.15, 0.2) is 8.07 Å². The van der Waals surface area contributed by atoms with Crippen LogP contribution in [0.5, 0.6) is 0 Å². The van der Waals surface area contributed by atoms with E-state index in [1.54, 1.807) is 0 Å². The summed E-state index contributed by atoms with van der Waals surface area (Å²) in [6.07, 6.45) is 0. The molecule has 9 rings (SSSR count). The maximum Gasteiger partial charge on any atom is 0.179 e. The average Bonchev–Trinajstić information content (AvgIpc) is 3.13. The zero-order chi connectivity index (χ0) is 29.8. The lowest BCUT2D eigenvalue weighted by atomic mass is 9.87. The van der Waals surface area contributed by atoms with Crippen LogP contribution in [0.2, 0.25) is 0 Å². The Balaban J connectivity index is 1.53. The van der Waals surface area contributed by atoms with E-state index in [0.717, 1.165) is 0 Å². The lowest BCUT2D eigenvalue weighted by molar-refractivity contribution is 1.67. The van der Waals surface area contributed by atoms with Crippen molar-refractivity contribution in [2.24, 2.45) is 0 Å². The highest BCUT2D eigenvalue weighted by molar-refractivity contribution is 7.20. The molecule has 0 radical (unpaired) electrons. The Labute approximate surface area is 263 Å². The normalized spacial score (nSPS) is 12.0. The summed E-state index contributed by atoms with van der Waals surface area (Å²) in [6, 6.07) is 68.0. The molecule has 0 aliphatic carbocycles. The first-order valence-electron chi connectivity index (χ1n) is 15.7. The molecule has 0 unspecified atom stereocenters. The van der Waals surface area contributed by atoms with Crippen LogP contribution in [0.1, 0.15) is 0 Å². The molecular formula is C44H30Si. The predicted octanol–water partition coefficient (Wildman–Crippen LogP) is 8.83. The van der Waals surface area contributed by atoms with Gasteiger partial charge in [-0.2, -0.15) is 0 Å². The summed E-state index contributed by atoms with van der Waals surface area (Å²) in [5, 5.41) is 18.7. The second-order valence-electron chi connectivity index (χ2n) is 12.0. The van der Waals surface area contributed by atoms with Gasteiger partial charge in [0.05, 0.1) is 0 Å². The molecule has 0 saturated carbocycles. The molecule has 0 aromatic heterocycles. The molecule has 1 heteroatoms. The van der Waals surface area contributed by atoms with Crippen LogP contribution in [0.4, 0.5) is 0 Å². The van der Waals surface area contributed by atoms with Gasteiger partial charge in [0.25, 0.3) is 0 Å². The molecule has 0 atom stereocenters. The van der Waals surface area contributed by atoms with Crippen LogP contribution in [-0.4, -0.2) is 8.07 Å². The van der Waals surface area contributed by atoms with E-state index < -0.39 is 8.07 Å². The van der Waals surface area contributed by atoms with E-state index >= 15 is 0 Å². The third-order valence-electron chi connectivity index (χ3n) is 9.76. The van der Waals surface area contributed by atoms with Crippen molar-refractivity contribution < 1.29 is 0 Å². The highest BCUT2D eigenvalue weighted by atomic mass is 28.3. The van der Waals surface area contributed by atoms with Gasteiger partial charge < -0.3 is 0 Å². The van der Waals surface area contributed by atoms with Crippen molar-refractivity contribution >= 4 is 82.7 Å². The summed E-state index contributed by atoms with van der Waals surface area (Å²) in [5.41, 5.74) is 0. The fraction of sp³-hybridized carbons (Fsp3) is 0. The minimum absolute atomic E-state index is 1.30. The monoisotopic (exact) mass is 586 g/mol. The van der Waals surface area contributed by atoms with E-state index in [0.29, 0.717) is 0 Å². The number of fused-ring (bicyclic) bond motifs is 11. The third-order valence-corrected chi connectivity index (χ3v) is 14.5. The molecule has 9 aromatic rings. The van der Waals surface area contributed by atoms with Crippen LogP contribution in [0.15, 0.2) is 182 Å². The Morgan fingerprint density at radius 2 is 0.533 bits per heavy atom. The third kappa shape index (κ3) is 3.78. The molecule has 9 aromatic carbocycles. The second kappa shape index (κ2) is 10.3. The van der Waals surface area contributed by atoms with Crippen LogP contribution < -0.4 is 20.7 Å². The van der Waals surface area contributed by atoms with Gasteiger partial charge in [-0.25, -0.2) is 0 Å². The Hall–Kier alpha value is -5.50. The number of hydrogen-bond acceptors (Lipinski definition) is 0. The molecule has 0 aliphatic heterocycles. The largest absolute Gasteiger partial charge is 0.179 e. The molecule has 210 valence electrons. The minimum atomic E-state index is -2.69. The molecule has 0 nitrogen and oxygen atoms in total. The van der Waals surface area contributed by atoms with E-state index in [1.807, 2.05) is 0 Å². The maximum absolute atomic E-state index is 2.69. The molecule has 0 bridgehead atoms. The van der Waals surface area contributed by atoms with Gasteiger partial charge in [-0.1, -0.05) is 182 Å². The zero-order valence-corrected chi connectivity index (χ0v) is 25.8. The van der Waals surface area contributed by atoms with Crippen molar-refractivity contribution in [3.63, 3.8) is 0 Å². The first-order valence-corrected chi connectivity index (χ1v) is 17.7. The molecule has 0 spiro atoms. The highest BCUT2D eigenvalue weighted by Gasteiger charge is 2.41. The summed E-state index contributed by atoms with van der Waals surface area (Å²) in [4.78, 5) is 0. The zero-order valence-electron chi connectivity index (χ0n) is 24.8. The van der Waals surface area contributed by atoms with Crippen molar-refractivity contribution in [3.8, 4) is 0 Å². The summed E-state index contributed by atoms with van der Waals surface area (Å²) in [6.45, 7) is 0. The number of rotatable bonds is 4. The Morgan fingerprint density at radius 1 is 0.222 bits per heavy atom. The molecule has 0 heterocycles. The van der Waals surface area contributed by atoms with Crippen molar-refractivity contribution in [1.29, 1.82) is 0 Å². The molecule has 0 N–H and O–H groups in total. The van der Waals surface area contributed by atoms with Gasteiger partial charge in [0, 0.05) is 0 Å². The molecule has 0 aliphatic rings. The van der Waals surface area contributed by atoms with Gasteiger partial charge in [0.1, 0.15) is 0 Å². The van der Waals surface area contributed by atoms with Crippen molar-refractivity contribution in [1.82, 2.24) is 0 Å². The van der Waals surface area contributed by atoms with E-state index in [9.17, 15) is 0 Å². The molecule has 0 amide bonds. The first kappa shape index (κ1) is 25.9. The van der Waals surface area contributed by atoms with Crippen LogP contribution >= 0.6 is 0 Å². The van der Waals surface area contributed by atoms with Gasteiger partial charge in [-0.15, -0.1) is 0 Å². The van der Waals surface area contributed by atoms with Crippen molar-refractivity contribution in [2.75, 3.05) is 0 Å². The van der Waals surface area contributed by atoms with E-state index in [4.69, 9.17) is 0 Å². The average molecular weight is 587 g/mol. The SMILES string of the molecule is c1ccc([Si](c2ccccc2)(c2ccccc2)c2ccc3c4ccccc4c4c5ccccc5c5ccccc5c4c3c2)cc1. The van der Waals surface area contributed by atoms with Gasteiger partial charge in [0.2, 0.25) is 0 Å². The Bertz CT molecular complexity index is 2400. The lowest BCUT2D eigenvalue weighted by Crippen LogP contribution is -2.74.